The zero-order valence-corrected chi connectivity index (χ0v) is 11.6. The molecule has 0 saturated heterocycles. The third-order valence-corrected chi connectivity index (χ3v) is 3.34. The van der Waals surface area contributed by atoms with E-state index in [1.54, 1.807) is 0 Å². The van der Waals surface area contributed by atoms with Crippen LogP contribution in [0.25, 0.3) is 0 Å². The van der Waals surface area contributed by atoms with E-state index in [1.807, 2.05) is 19.2 Å². The quantitative estimate of drug-likeness (QED) is 0.776. The first-order chi connectivity index (χ1) is 9.17. The number of hydrogen-bond acceptors (Lipinski definition) is 3. The van der Waals surface area contributed by atoms with Crippen LogP contribution in [-0.2, 0) is 17.9 Å². The van der Waals surface area contributed by atoms with Crippen molar-refractivity contribution in [3.05, 3.63) is 35.4 Å². The summed E-state index contributed by atoms with van der Waals surface area (Å²) in [6.45, 7) is 2.21. The SMILES string of the molecule is CN(CCC(=O)NC1CC1)Cc1cccc(CN)c1. The maximum absolute atomic E-state index is 11.6. The lowest BCUT2D eigenvalue weighted by Crippen LogP contribution is -2.29. The Balaban J connectivity index is 1.73. The molecule has 0 spiro atoms. The highest BCUT2D eigenvalue weighted by Gasteiger charge is 2.22. The molecule has 1 aliphatic carbocycles. The van der Waals surface area contributed by atoms with Crippen molar-refractivity contribution in [1.82, 2.24) is 10.2 Å². The van der Waals surface area contributed by atoms with E-state index >= 15 is 0 Å². The summed E-state index contributed by atoms with van der Waals surface area (Å²) in [5.74, 6) is 0.171. The van der Waals surface area contributed by atoms with E-state index in [9.17, 15) is 4.79 Å². The van der Waals surface area contributed by atoms with Crippen LogP contribution < -0.4 is 11.1 Å². The zero-order valence-electron chi connectivity index (χ0n) is 11.6. The molecule has 0 heterocycles. The summed E-state index contributed by atoms with van der Waals surface area (Å²) in [5, 5.41) is 3.01. The van der Waals surface area contributed by atoms with Gasteiger partial charge in [0.2, 0.25) is 5.91 Å². The summed E-state index contributed by atoms with van der Waals surface area (Å²) in [6, 6.07) is 8.75. The standard InChI is InChI=1S/C15H23N3O/c1-18(8-7-15(19)17-14-5-6-14)11-13-4-2-3-12(9-13)10-16/h2-4,9,14H,5-8,10-11,16H2,1H3,(H,17,19). The fraction of sp³-hybridized carbons (Fsp3) is 0.533. The van der Waals surface area contributed by atoms with E-state index in [0.717, 1.165) is 31.5 Å². The van der Waals surface area contributed by atoms with E-state index < -0.39 is 0 Å². The largest absolute Gasteiger partial charge is 0.353 e. The zero-order chi connectivity index (χ0) is 13.7. The van der Waals surface area contributed by atoms with Gasteiger partial charge in [0.25, 0.3) is 0 Å². The first-order valence-corrected chi connectivity index (χ1v) is 6.93. The highest BCUT2D eigenvalue weighted by atomic mass is 16.1. The fourth-order valence-corrected chi connectivity index (χ4v) is 2.07. The fourth-order valence-electron chi connectivity index (χ4n) is 2.07. The van der Waals surface area contributed by atoms with E-state index in [4.69, 9.17) is 5.73 Å². The van der Waals surface area contributed by atoms with Crippen LogP contribution in [0.15, 0.2) is 24.3 Å². The highest BCUT2D eigenvalue weighted by molar-refractivity contribution is 5.76. The first-order valence-electron chi connectivity index (χ1n) is 6.93. The Kier molecular flexibility index (Phi) is 4.93. The van der Waals surface area contributed by atoms with Crippen LogP contribution in [0, 0.1) is 0 Å². The van der Waals surface area contributed by atoms with Crippen molar-refractivity contribution >= 4 is 5.91 Å². The van der Waals surface area contributed by atoms with Crippen LogP contribution in [0.1, 0.15) is 30.4 Å². The number of benzene rings is 1. The molecular weight excluding hydrogens is 238 g/mol. The van der Waals surface area contributed by atoms with Crippen LogP contribution in [0.5, 0.6) is 0 Å². The Hall–Kier alpha value is -1.39. The molecule has 1 amide bonds. The van der Waals surface area contributed by atoms with Crippen molar-refractivity contribution in [2.45, 2.75) is 38.4 Å². The molecule has 0 bridgehead atoms. The third-order valence-electron chi connectivity index (χ3n) is 3.34. The maximum atomic E-state index is 11.6. The Morgan fingerprint density at radius 3 is 2.84 bits per heavy atom. The molecule has 2 rings (SSSR count). The van der Waals surface area contributed by atoms with Gasteiger partial charge in [-0.1, -0.05) is 24.3 Å². The molecule has 1 aromatic rings. The normalized spacial score (nSPS) is 14.7. The average molecular weight is 261 g/mol. The number of carbonyl (C=O) groups excluding carboxylic acids is 1. The van der Waals surface area contributed by atoms with Crippen LogP contribution in [0.2, 0.25) is 0 Å². The summed E-state index contributed by atoms with van der Waals surface area (Å²) in [5.41, 5.74) is 8.03. The third kappa shape index (κ3) is 5.01. The molecule has 0 aromatic heterocycles. The molecule has 4 nitrogen and oxygen atoms in total. The molecular formula is C15H23N3O. The molecule has 0 aliphatic heterocycles. The molecule has 0 atom stereocenters. The monoisotopic (exact) mass is 261 g/mol. The Bertz CT molecular complexity index is 429. The number of nitrogens with one attached hydrogen (secondary N) is 1. The highest BCUT2D eigenvalue weighted by Crippen LogP contribution is 2.18. The van der Waals surface area contributed by atoms with Gasteiger partial charge >= 0.3 is 0 Å². The minimum atomic E-state index is 0.171. The molecule has 0 unspecified atom stereocenters. The lowest BCUT2D eigenvalue weighted by molar-refractivity contribution is -0.121. The topological polar surface area (TPSA) is 58.4 Å². The molecule has 1 aromatic carbocycles. The van der Waals surface area contributed by atoms with Gasteiger partial charge in [0.15, 0.2) is 0 Å². The summed E-state index contributed by atoms with van der Waals surface area (Å²) in [6.07, 6.45) is 2.87. The second-order valence-corrected chi connectivity index (χ2v) is 5.35. The van der Waals surface area contributed by atoms with Gasteiger partial charge in [-0.25, -0.2) is 0 Å². The molecule has 1 aliphatic rings. The van der Waals surface area contributed by atoms with Gasteiger partial charge in [-0.15, -0.1) is 0 Å². The minimum Gasteiger partial charge on any atom is -0.353 e. The molecule has 4 heteroatoms. The second-order valence-electron chi connectivity index (χ2n) is 5.35. The summed E-state index contributed by atoms with van der Waals surface area (Å²) in [7, 11) is 2.04. The molecule has 0 radical (unpaired) electrons. The van der Waals surface area contributed by atoms with Gasteiger partial charge in [-0.05, 0) is 31.0 Å². The Morgan fingerprint density at radius 1 is 1.42 bits per heavy atom. The van der Waals surface area contributed by atoms with Crippen molar-refractivity contribution in [2.75, 3.05) is 13.6 Å². The number of hydrogen-bond donors (Lipinski definition) is 2. The number of carbonyl (C=O) groups is 1. The van der Waals surface area contributed by atoms with E-state index in [0.29, 0.717) is 19.0 Å². The molecule has 19 heavy (non-hydrogen) atoms. The molecule has 104 valence electrons. The molecule has 1 saturated carbocycles. The summed E-state index contributed by atoms with van der Waals surface area (Å²) < 4.78 is 0. The second kappa shape index (κ2) is 6.68. The minimum absolute atomic E-state index is 0.171. The number of nitrogens with two attached hydrogens (primary N) is 1. The molecule has 3 N–H and O–H groups in total. The smallest absolute Gasteiger partial charge is 0.221 e. The van der Waals surface area contributed by atoms with Crippen molar-refractivity contribution in [1.29, 1.82) is 0 Å². The number of rotatable bonds is 7. The summed E-state index contributed by atoms with van der Waals surface area (Å²) in [4.78, 5) is 13.8. The van der Waals surface area contributed by atoms with Gasteiger partial charge in [-0.3, -0.25) is 4.79 Å². The average Bonchev–Trinajstić information content (AvgIpc) is 3.20. The van der Waals surface area contributed by atoms with Crippen LogP contribution in [0.3, 0.4) is 0 Å². The van der Waals surface area contributed by atoms with Crippen molar-refractivity contribution in [2.24, 2.45) is 5.73 Å². The van der Waals surface area contributed by atoms with Gasteiger partial charge in [0.05, 0.1) is 0 Å². The van der Waals surface area contributed by atoms with Gasteiger partial charge in [-0.2, -0.15) is 0 Å². The van der Waals surface area contributed by atoms with Crippen molar-refractivity contribution < 1.29 is 4.79 Å². The van der Waals surface area contributed by atoms with Crippen molar-refractivity contribution in [3.8, 4) is 0 Å². The predicted molar refractivity (Wildman–Crippen MR) is 76.4 cm³/mol. The lowest BCUT2D eigenvalue weighted by atomic mass is 10.1. The predicted octanol–water partition coefficient (Wildman–Crippen LogP) is 1.25. The Labute approximate surface area is 115 Å². The van der Waals surface area contributed by atoms with Gasteiger partial charge < -0.3 is 16.0 Å². The Morgan fingerprint density at radius 2 is 2.16 bits per heavy atom. The van der Waals surface area contributed by atoms with Gasteiger partial charge in [0, 0.05) is 32.1 Å². The van der Waals surface area contributed by atoms with Crippen LogP contribution in [-0.4, -0.2) is 30.4 Å². The van der Waals surface area contributed by atoms with Crippen LogP contribution in [0.4, 0.5) is 0 Å². The lowest BCUT2D eigenvalue weighted by Gasteiger charge is -2.16. The number of nitrogens with zero attached hydrogens (tertiary/aromatic N) is 1. The van der Waals surface area contributed by atoms with E-state index in [2.05, 4.69) is 22.3 Å². The van der Waals surface area contributed by atoms with E-state index in [-0.39, 0.29) is 5.91 Å². The molecule has 1 fully saturated rings. The van der Waals surface area contributed by atoms with Crippen molar-refractivity contribution in [3.63, 3.8) is 0 Å². The first kappa shape index (κ1) is 14.0. The van der Waals surface area contributed by atoms with E-state index in [1.165, 1.54) is 5.56 Å². The number of amides is 1. The van der Waals surface area contributed by atoms with Gasteiger partial charge in [0.1, 0.15) is 0 Å². The maximum Gasteiger partial charge on any atom is 0.221 e. The van der Waals surface area contributed by atoms with Crippen LogP contribution >= 0.6 is 0 Å². The summed E-state index contributed by atoms with van der Waals surface area (Å²) >= 11 is 0.